The molecule has 5 aromatic carbocycles. The van der Waals surface area contributed by atoms with Gasteiger partial charge in [0.1, 0.15) is 5.75 Å². The number of nitrogens with zero attached hydrogens (tertiary/aromatic N) is 2. The van der Waals surface area contributed by atoms with Crippen molar-refractivity contribution >= 4 is 57.2 Å². The highest BCUT2D eigenvalue weighted by Crippen LogP contribution is 2.58. The molecule has 9 nitrogen and oxygen atoms in total. The first kappa shape index (κ1) is 29.8. The molecule has 1 saturated carbocycles. The number of anilines is 1. The average molecular weight is 652 g/mol. The average Bonchev–Trinajstić information content (AvgIpc) is 3.39. The molecule has 5 aromatic rings. The number of fused-ring (bicyclic) bond motifs is 4. The number of para-hydroxylation sites is 2. The number of thioether (sulfide) groups is 1. The molecule has 7 rings (SSSR count). The van der Waals surface area contributed by atoms with Crippen LogP contribution in [0, 0.1) is 26.1 Å². The van der Waals surface area contributed by atoms with E-state index in [0.717, 1.165) is 16.3 Å². The van der Waals surface area contributed by atoms with E-state index < -0.39 is 27.2 Å². The molecule has 5 atom stereocenters. The van der Waals surface area contributed by atoms with Gasteiger partial charge in [-0.2, -0.15) is 0 Å². The maximum Gasteiger partial charge on any atom is 0.345 e. The van der Waals surface area contributed by atoms with Crippen molar-refractivity contribution < 1.29 is 19.4 Å². The second-order valence-electron chi connectivity index (χ2n) is 11.4. The lowest BCUT2D eigenvalue weighted by Crippen LogP contribution is -2.32. The number of rotatable bonds is 7. The van der Waals surface area contributed by atoms with E-state index in [-0.39, 0.29) is 28.5 Å². The zero-order valence-electron chi connectivity index (χ0n) is 24.1. The van der Waals surface area contributed by atoms with Gasteiger partial charge >= 0.3 is 5.97 Å². The molecule has 11 heteroatoms. The predicted octanol–water partition coefficient (Wildman–Crippen LogP) is 8.91. The normalized spacial score (nSPS) is 21.5. The van der Waals surface area contributed by atoms with Gasteiger partial charge in [-0.25, -0.2) is 4.79 Å². The molecule has 230 valence electrons. The van der Waals surface area contributed by atoms with Crippen molar-refractivity contribution in [1.29, 1.82) is 0 Å². The van der Waals surface area contributed by atoms with Gasteiger partial charge in [0, 0.05) is 29.4 Å². The Morgan fingerprint density at radius 2 is 1.61 bits per heavy atom. The molecule has 46 heavy (non-hydrogen) atoms. The van der Waals surface area contributed by atoms with Gasteiger partial charge < -0.3 is 10.1 Å². The van der Waals surface area contributed by atoms with E-state index in [9.17, 15) is 25.0 Å². The molecule has 2 aliphatic rings. The lowest BCUT2D eigenvalue weighted by atomic mass is 9.76. The minimum Gasteiger partial charge on any atom is -0.423 e. The zero-order chi connectivity index (χ0) is 31.9. The van der Waals surface area contributed by atoms with E-state index in [1.807, 2.05) is 48.5 Å². The van der Waals surface area contributed by atoms with Gasteiger partial charge in [0.2, 0.25) is 0 Å². The minimum absolute atomic E-state index is 0.0127. The van der Waals surface area contributed by atoms with Crippen LogP contribution in [0.3, 0.4) is 0 Å². The number of benzene rings is 5. The van der Waals surface area contributed by atoms with Crippen LogP contribution in [0.15, 0.2) is 114 Å². The van der Waals surface area contributed by atoms with Crippen LogP contribution in [-0.4, -0.2) is 26.4 Å². The summed E-state index contributed by atoms with van der Waals surface area (Å²) < 4.78 is 5.87. The summed E-state index contributed by atoms with van der Waals surface area (Å²) in [5.74, 6) is -0.520. The maximum absolute atomic E-state index is 13.7. The Kier molecular flexibility index (Phi) is 7.84. The highest BCUT2D eigenvalue weighted by molar-refractivity contribution is 8.00. The number of hydrogen-bond acceptors (Lipinski definition) is 8. The van der Waals surface area contributed by atoms with Crippen LogP contribution in [-0.2, 0) is 0 Å². The van der Waals surface area contributed by atoms with Crippen molar-refractivity contribution in [2.75, 3.05) is 5.32 Å². The second-order valence-corrected chi connectivity index (χ2v) is 13.2. The number of esters is 1. The number of nitro groups is 2. The van der Waals surface area contributed by atoms with Crippen LogP contribution in [0.2, 0.25) is 0 Å². The molecule has 1 aliphatic carbocycles. The fourth-order valence-electron chi connectivity index (χ4n) is 6.74. The fourth-order valence-corrected chi connectivity index (χ4v) is 8.68. The van der Waals surface area contributed by atoms with Crippen LogP contribution >= 0.6 is 23.4 Å². The third kappa shape index (κ3) is 5.44. The van der Waals surface area contributed by atoms with E-state index in [4.69, 9.17) is 16.3 Å². The molecule has 0 spiro atoms. The van der Waals surface area contributed by atoms with E-state index >= 15 is 0 Å². The van der Waals surface area contributed by atoms with Crippen LogP contribution < -0.4 is 10.1 Å². The maximum atomic E-state index is 13.7. The Bertz CT molecular complexity index is 2020. The van der Waals surface area contributed by atoms with E-state index in [2.05, 4.69) is 5.32 Å². The third-order valence-electron chi connectivity index (χ3n) is 8.78. The minimum atomic E-state index is -0.550. The Morgan fingerprint density at radius 1 is 0.848 bits per heavy atom. The summed E-state index contributed by atoms with van der Waals surface area (Å²) in [6, 6.07) is 31.3. The molecule has 1 fully saturated rings. The highest BCUT2D eigenvalue weighted by atomic mass is 35.5. The van der Waals surface area contributed by atoms with Crippen LogP contribution in [0.4, 0.5) is 17.1 Å². The number of carbonyl (C=O) groups excluding carboxylic acids is 1. The van der Waals surface area contributed by atoms with E-state index in [0.29, 0.717) is 33.9 Å². The van der Waals surface area contributed by atoms with E-state index in [1.165, 1.54) is 23.9 Å². The molecule has 0 bridgehead atoms. The van der Waals surface area contributed by atoms with Gasteiger partial charge in [-0.05, 0) is 58.5 Å². The van der Waals surface area contributed by atoms with Gasteiger partial charge in [0.25, 0.3) is 11.4 Å². The first-order chi connectivity index (χ1) is 22.3. The number of hydrogen-bond donors (Lipinski definition) is 1. The number of non-ortho nitro benzene ring substituents is 1. The van der Waals surface area contributed by atoms with Gasteiger partial charge in [0.15, 0.2) is 0 Å². The predicted molar refractivity (Wildman–Crippen MR) is 178 cm³/mol. The molecule has 1 heterocycles. The Labute approximate surface area is 272 Å². The number of nitrogens with one attached hydrogen (secondary N) is 1. The van der Waals surface area contributed by atoms with Crippen molar-refractivity contribution in [3.63, 3.8) is 0 Å². The summed E-state index contributed by atoms with van der Waals surface area (Å²) in [6.45, 7) is 0. The summed E-state index contributed by atoms with van der Waals surface area (Å²) in [4.78, 5) is 36.9. The summed E-state index contributed by atoms with van der Waals surface area (Å²) in [5.41, 5.74) is 2.37. The monoisotopic (exact) mass is 651 g/mol. The molecule has 5 unspecified atom stereocenters. The largest absolute Gasteiger partial charge is 0.423 e. The fraction of sp³-hybridized carbons (Fsp3) is 0.171. The van der Waals surface area contributed by atoms with Crippen LogP contribution in [0.1, 0.15) is 39.9 Å². The first-order valence-electron chi connectivity index (χ1n) is 14.7. The number of halogens is 1. The summed E-state index contributed by atoms with van der Waals surface area (Å²) in [7, 11) is 0. The standard InChI is InChI=1S/C35H26ClN3O6S/c36-32-30(46-29-14-4-3-13-28(29)39(43)44)19-27-31(32)25-11-6-12-26(34(25)37-33(27)22-9-5-10-23(17-22)38(41)42)35(40)45-24-16-15-20-7-1-2-8-21(20)18-24/h1-18,27,30-33,37H,19H2. The first-order valence-corrected chi connectivity index (χ1v) is 16.0. The Hall–Kier alpha value is -4.93. The smallest absolute Gasteiger partial charge is 0.345 e. The molecule has 0 radical (unpaired) electrons. The van der Waals surface area contributed by atoms with Gasteiger partial charge in [-0.15, -0.1) is 23.4 Å². The van der Waals surface area contributed by atoms with Crippen molar-refractivity contribution in [2.24, 2.45) is 5.92 Å². The Morgan fingerprint density at radius 3 is 2.41 bits per heavy atom. The SMILES string of the molecule is O=C(Oc1ccc2ccccc2c1)c1cccc2c1NC(c1cccc([N+](=O)[O-])c1)C1CC(Sc3ccccc3[N+](=O)[O-])C(Cl)C21. The molecule has 1 N–H and O–H groups in total. The number of ether oxygens (including phenoxy) is 1. The summed E-state index contributed by atoms with van der Waals surface area (Å²) >= 11 is 8.64. The number of nitro benzene ring substituents is 2. The molecular weight excluding hydrogens is 626 g/mol. The number of alkyl halides is 1. The van der Waals surface area contributed by atoms with Gasteiger partial charge in [0.05, 0.1) is 37.4 Å². The molecule has 1 aliphatic heterocycles. The summed E-state index contributed by atoms with van der Waals surface area (Å²) in [5, 5.41) is 28.3. The molecule has 0 saturated heterocycles. The molecule has 0 aromatic heterocycles. The highest BCUT2D eigenvalue weighted by Gasteiger charge is 2.51. The van der Waals surface area contributed by atoms with Crippen molar-refractivity contribution in [3.8, 4) is 5.75 Å². The van der Waals surface area contributed by atoms with Crippen molar-refractivity contribution in [2.45, 2.75) is 33.9 Å². The van der Waals surface area contributed by atoms with E-state index in [1.54, 1.807) is 48.5 Å². The zero-order valence-corrected chi connectivity index (χ0v) is 25.7. The molecule has 0 amide bonds. The van der Waals surface area contributed by atoms with Crippen molar-refractivity contribution in [3.05, 3.63) is 146 Å². The Balaban J connectivity index is 1.28. The van der Waals surface area contributed by atoms with Crippen LogP contribution in [0.5, 0.6) is 5.75 Å². The van der Waals surface area contributed by atoms with Gasteiger partial charge in [-0.3, -0.25) is 20.2 Å². The topological polar surface area (TPSA) is 125 Å². The lowest BCUT2D eigenvalue weighted by molar-refractivity contribution is -0.387. The quantitative estimate of drug-likeness (QED) is 0.0608. The van der Waals surface area contributed by atoms with Crippen molar-refractivity contribution in [1.82, 2.24) is 0 Å². The van der Waals surface area contributed by atoms with Gasteiger partial charge in [-0.1, -0.05) is 66.7 Å². The third-order valence-corrected chi connectivity index (χ3v) is 10.9. The van der Waals surface area contributed by atoms with Crippen LogP contribution in [0.25, 0.3) is 10.8 Å². The lowest BCUT2D eigenvalue weighted by Gasteiger charge is -2.39. The summed E-state index contributed by atoms with van der Waals surface area (Å²) in [6.07, 6.45) is 0.584. The molecular formula is C35H26ClN3O6S. The second kappa shape index (κ2) is 12.1. The number of carbonyl (C=O) groups is 1.